The Hall–Kier alpha value is -4.12. The van der Waals surface area contributed by atoms with Gasteiger partial charge in [0.2, 0.25) is 0 Å². The van der Waals surface area contributed by atoms with Gasteiger partial charge in [0.1, 0.15) is 30.5 Å². The lowest BCUT2D eigenvalue weighted by Gasteiger charge is -2.22. The van der Waals surface area contributed by atoms with Crippen molar-refractivity contribution < 1.29 is 47.6 Å². The Morgan fingerprint density at radius 3 is 1.79 bits per heavy atom. The summed E-state index contributed by atoms with van der Waals surface area (Å²) in [5.41, 5.74) is 6.99. The first-order valence-electron chi connectivity index (χ1n) is 14.5. The van der Waals surface area contributed by atoms with Crippen molar-refractivity contribution in [3.05, 3.63) is 59.7 Å². The van der Waals surface area contributed by atoms with E-state index in [1.165, 1.54) is 12.1 Å². The minimum Gasteiger partial charge on any atom is -0.458 e. The van der Waals surface area contributed by atoms with Crippen molar-refractivity contribution in [2.75, 3.05) is 0 Å². The topological polar surface area (TPSA) is 150 Å². The van der Waals surface area contributed by atoms with Crippen molar-refractivity contribution in [1.29, 1.82) is 0 Å². The van der Waals surface area contributed by atoms with Crippen LogP contribution in [0, 0.1) is 0 Å². The van der Waals surface area contributed by atoms with Gasteiger partial charge in [-0.1, -0.05) is 51.0 Å². The second-order valence-corrected chi connectivity index (χ2v) is 10.3. The van der Waals surface area contributed by atoms with Gasteiger partial charge >= 0.3 is 24.2 Å². The number of hydrogen-bond acceptors (Lipinski definition) is 11. The minimum atomic E-state index is -1.10. The van der Waals surface area contributed by atoms with E-state index < -0.39 is 42.5 Å². The van der Waals surface area contributed by atoms with Crippen LogP contribution in [0.5, 0.6) is 11.5 Å². The largest absolute Gasteiger partial charge is 0.514 e. The second-order valence-electron chi connectivity index (χ2n) is 10.3. The molecule has 236 valence electrons. The van der Waals surface area contributed by atoms with Gasteiger partial charge < -0.3 is 34.2 Å². The molecule has 2 aromatic carbocycles. The van der Waals surface area contributed by atoms with Crippen molar-refractivity contribution in [3.8, 4) is 11.5 Å². The van der Waals surface area contributed by atoms with Gasteiger partial charge in [-0.15, -0.1) is 0 Å². The lowest BCUT2D eigenvalue weighted by molar-refractivity contribution is -0.154. The van der Waals surface area contributed by atoms with Crippen LogP contribution < -0.4 is 15.2 Å². The maximum absolute atomic E-state index is 12.8. The normalized spacial score (nSPS) is 14.3. The van der Waals surface area contributed by atoms with Crippen LogP contribution in [0.4, 0.5) is 9.59 Å². The van der Waals surface area contributed by atoms with Crippen molar-refractivity contribution in [2.45, 2.75) is 104 Å². The SMILES string of the molecule is CCCC(C)OC(=O)Oc1ccc(C[C@H](N)C(=O)O[C@@H](C)[C@H](C)OC(=O)c2ccccc2)cc1OC(=O)OC(C)CCC. The Morgan fingerprint density at radius 2 is 1.23 bits per heavy atom. The van der Waals surface area contributed by atoms with Gasteiger partial charge in [-0.2, -0.15) is 0 Å². The third-order valence-electron chi connectivity index (χ3n) is 6.40. The zero-order chi connectivity index (χ0) is 31.9. The first-order valence-corrected chi connectivity index (χ1v) is 14.5. The van der Waals surface area contributed by atoms with E-state index in [9.17, 15) is 19.2 Å². The number of carbonyl (C=O) groups excluding carboxylic acids is 4. The molecule has 0 fully saturated rings. The highest BCUT2D eigenvalue weighted by Gasteiger charge is 2.26. The van der Waals surface area contributed by atoms with E-state index in [0.717, 1.165) is 12.8 Å². The molecule has 43 heavy (non-hydrogen) atoms. The average Bonchev–Trinajstić information content (AvgIpc) is 2.94. The van der Waals surface area contributed by atoms with E-state index >= 15 is 0 Å². The highest BCUT2D eigenvalue weighted by atomic mass is 16.7. The third-order valence-corrected chi connectivity index (χ3v) is 6.40. The Bertz CT molecular complexity index is 1200. The predicted octanol–water partition coefficient (Wildman–Crippen LogP) is 6.14. The summed E-state index contributed by atoms with van der Waals surface area (Å²) in [5, 5.41) is 0. The molecule has 2 aromatic rings. The summed E-state index contributed by atoms with van der Waals surface area (Å²) in [6.45, 7) is 10.6. The van der Waals surface area contributed by atoms with E-state index in [4.69, 9.17) is 34.2 Å². The Morgan fingerprint density at radius 1 is 0.698 bits per heavy atom. The van der Waals surface area contributed by atoms with Crippen LogP contribution in [0.25, 0.3) is 0 Å². The molecule has 2 unspecified atom stereocenters. The van der Waals surface area contributed by atoms with Crippen molar-refractivity contribution >= 4 is 24.2 Å². The number of ether oxygens (including phenoxy) is 6. The molecule has 11 nitrogen and oxygen atoms in total. The van der Waals surface area contributed by atoms with Crippen molar-refractivity contribution in [2.24, 2.45) is 5.73 Å². The lowest BCUT2D eigenvalue weighted by atomic mass is 10.1. The highest BCUT2D eigenvalue weighted by Crippen LogP contribution is 2.30. The number of esters is 2. The van der Waals surface area contributed by atoms with Crippen LogP contribution in [0.3, 0.4) is 0 Å². The average molecular weight is 602 g/mol. The van der Waals surface area contributed by atoms with Gasteiger partial charge in [0.25, 0.3) is 0 Å². The van der Waals surface area contributed by atoms with Gasteiger partial charge in [-0.25, -0.2) is 14.4 Å². The molecule has 0 spiro atoms. The molecule has 0 aromatic heterocycles. The number of hydrogen-bond donors (Lipinski definition) is 1. The molecule has 0 amide bonds. The molecule has 0 heterocycles. The highest BCUT2D eigenvalue weighted by molar-refractivity contribution is 5.89. The molecule has 0 aliphatic carbocycles. The molecule has 0 aliphatic rings. The van der Waals surface area contributed by atoms with Crippen LogP contribution in [0.15, 0.2) is 48.5 Å². The van der Waals surface area contributed by atoms with Gasteiger partial charge in [0.15, 0.2) is 11.5 Å². The molecule has 5 atom stereocenters. The van der Waals surface area contributed by atoms with Crippen LogP contribution in [-0.4, -0.2) is 54.7 Å². The summed E-state index contributed by atoms with van der Waals surface area (Å²) in [4.78, 5) is 49.8. The van der Waals surface area contributed by atoms with E-state index in [1.807, 2.05) is 13.8 Å². The molecule has 11 heteroatoms. The number of nitrogens with two attached hydrogens (primary N) is 1. The Kier molecular flexibility index (Phi) is 14.5. The van der Waals surface area contributed by atoms with Crippen molar-refractivity contribution in [3.63, 3.8) is 0 Å². The maximum atomic E-state index is 12.8. The third kappa shape index (κ3) is 12.3. The summed E-state index contributed by atoms with van der Waals surface area (Å²) in [6, 6.07) is 11.8. The van der Waals surface area contributed by atoms with Gasteiger partial charge in [0, 0.05) is 0 Å². The molecule has 0 saturated carbocycles. The smallest absolute Gasteiger partial charge is 0.458 e. The van der Waals surface area contributed by atoms with Crippen LogP contribution in [0.1, 0.15) is 83.1 Å². The number of carbonyl (C=O) groups is 4. The van der Waals surface area contributed by atoms with Crippen LogP contribution in [0.2, 0.25) is 0 Å². The number of rotatable bonds is 15. The fourth-order valence-corrected chi connectivity index (χ4v) is 3.94. The zero-order valence-corrected chi connectivity index (χ0v) is 25.7. The Balaban J connectivity index is 2.09. The summed E-state index contributed by atoms with van der Waals surface area (Å²) in [7, 11) is 0. The van der Waals surface area contributed by atoms with Gasteiger partial charge in [-0.3, -0.25) is 4.79 Å². The van der Waals surface area contributed by atoms with Gasteiger partial charge in [-0.05, 0) is 76.8 Å². The molecule has 2 rings (SSSR count). The van der Waals surface area contributed by atoms with E-state index in [2.05, 4.69) is 0 Å². The molecule has 0 aliphatic heterocycles. The monoisotopic (exact) mass is 601 g/mol. The molecule has 2 N–H and O–H groups in total. The lowest BCUT2D eigenvalue weighted by Crippen LogP contribution is -2.39. The first kappa shape index (κ1) is 35.1. The molecule has 0 bridgehead atoms. The van der Waals surface area contributed by atoms with E-state index in [0.29, 0.717) is 24.0 Å². The van der Waals surface area contributed by atoms with Crippen molar-refractivity contribution in [1.82, 2.24) is 0 Å². The summed E-state index contributed by atoms with van der Waals surface area (Å²) in [5.74, 6) is -1.45. The fraction of sp³-hybridized carbons (Fsp3) is 0.500. The molecular weight excluding hydrogens is 558 g/mol. The standard InChI is InChI=1S/C32H43NO10/c1-7-12-20(3)38-31(36)42-27-17-16-24(19-28(27)43-32(37)39-21(4)13-8-2)18-26(33)30(35)41-23(6)22(5)40-29(34)25-14-10-9-11-15-25/h9-11,14-17,19-23,26H,7-8,12-13,18,33H2,1-6H3/t20?,21?,22-,23-,26-/m0/s1. The maximum Gasteiger partial charge on any atom is 0.514 e. The van der Waals surface area contributed by atoms with Gasteiger partial charge in [0.05, 0.1) is 5.56 Å². The molecular formula is C32H43NO10. The first-order chi connectivity index (χ1) is 20.4. The minimum absolute atomic E-state index is 0.000354. The number of benzene rings is 2. The fourth-order valence-electron chi connectivity index (χ4n) is 3.94. The second kappa shape index (κ2) is 17.7. The van der Waals surface area contributed by atoms with E-state index in [-0.39, 0.29) is 30.1 Å². The Labute approximate surface area is 252 Å². The summed E-state index contributed by atoms with van der Waals surface area (Å²) in [6.07, 6.45) is -1.28. The van der Waals surface area contributed by atoms with Crippen LogP contribution >= 0.6 is 0 Å². The summed E-state index contributed by atoms with van der Waals surface area (Å²) >= 11 is 0. The molecule has 0 radical (unpaired) electrons. The molecule has 0 saturated heterocycles. The zero-order valence-electron chi connectivity index (χ0n) is 25.7. The predicted molar refractivity (Wildman–Crippen MR) is 158 cm³/mol. The van der Waals surface area contributed by atoms with Crippen LogP contribution in [-0.2, 0) is 30.2 Å². The summed E-state index contributed by atoms with van der Waals surface area (Å²) < 4.78 is 32.0. The quantitative estimate of drug-likeness (QED) is 0.142. The van der Waals surface area contributed by atoms with E-state index in [1.54, 1.807) is 64.1 Å².